The summed E-state index contributed by atoms with van der Waals surface area (Å²) in [7, 11) is 0. The Bertz CT molecular complexity index is 1430. The molecule has 2 aromatic carbocycles. The van der Waals surface area contributed by atoms with E-state index in [2.05, 4.69) is 26.6 Å². The van der Waals surface area contributed by atoms with Crippen LogP contribution < -0.4 is 16.4 Å². The topological polar surface area (TPSA) is 143 Å². The van der Waals surface area contributed by atoms with Crippen molar-refractivity contribution in [2.75, 3.05) is 31.6 Å². The Morgan fingerprint density at radius 2 is 1.77 bits per heavy atom. The molecule has 0 saturated carbocycles. The fraction of sp³-hybridized carbons (Fsp3) is 0.419. The van der Waals surface area contributed by atoms with E-state index in [1.165, 1.54) is 9.58 Å². The highest BCUT2D eigenvalue weighted by molar-refractivity contribution is 9.09. The number of benzene rings is 2. The number of hydrogen-bond donors (Lipinski definition) is 4. The van der Waals surface area contributed by atoms with Crippen molar-refractivity contribution in [3.05, 3.63) is 83.2 Å². The Labute approximate surface area is 264 Å². The quantitative estimate of drug-likeness (QED) is 0.153. The molecule has 0 radical (unpaired) electrons. The number of aromatic nitrogens is 2. The van der Waals surface area contributed by atoms with Gasteiger partial charge < -0.3 is 26.4 Å². The zero-order chi connectivity index (χ0) is 32.4. The summed E-state index contributed by atoms with van der Waals surface area (Å²) in [5.41, 5.74) is 7.46. The maximum atomic E-state index is 14.9. The molecule has 3 rings (SSSR count). The van der Waals surface area contributed by atoms with Gasteiger partial charge in [0.15, 0.2) is 0 Å². The Kier molecular flexibility index (Phi) is 12.6. The van der Waals surface area contributed by atoms with Crippen molar-refractivity contribution in [1.29, 1.82) is 0 Å². The third-order valence-corrected chi connectivity index (χ3v) is 7.46. The minimum absolute atomic E-state index is 0.00219. The maximum Gasteiger partial charge on any atom is 0.248 e. The van der Waals surface area contributed by atoms with Gasteiger partial charge in [-0.2, -0.15) is 5.10 Å². The van der Waals surface area contributed by atoms with Gasteiger partial charge in [-0.25, -0.2) is 13.5 Å². The summed E-state index contributed by atoms with van der Waals surface area (Å²) >= 11 is 3.05. The lowest BCUT2D eigenvalue weighted by Crippen LogP contribution is -2.48. The molecular weight excluding hydrogens is 638 g/mol. The normalized spacial score (nSPS) is 12.8. The lowest BCUT2D eigenvalue weighted by atomic mass is 9.81. The van der Waals surface area contributed by atoms with Gasteiger partial charge in [0, 0.05) is 43.9 Å². The summed E-state index contributed by atoms with van der Waals surface area (Å²) in [4.78, 5) is 38.7. The Morgan fingerprint density at radius 3 is 2.41 bits per heavy atom. The smallest absolute Gasteiger partial charge is 0.248 e. The van der Waals surface area contributed by atoms with Gasteiger partial charge >= 0.3 is 0 Å². The number of nitrogens with one attached hydrogen (secondary N) is 2. The highest BCUT2D eigenvalue weighted by Gasteiger charge is 2.38. The largest absolute Gasteiger partial charge is 0.387 e. The molecular formula is C31H39BrF2N6O4. The van der Waals surface area contributed by atoms with Crippen LogP contribution in [0.25, 0.3) is 5.69 Å². The number of aliphatic hydroxyl groups is 1. The molecule has 0 fully saturated rings. The molecule has 0 bridgehead atoms. The molecule has 0 spiro atoms. The molecule has 0 aliphatic heterocycles. The van der Waals surface area contributed by atoms with Crippen LogP contribution >= 0.6 is 15.9 Å². The minimum atomic E-state index is -0.987. The molecule has 3 aromatic rings. The lowest BCUT2D eigenvalue weighted by Gasteiger charge is -2.40. The number of carbonyl (C=O) groups excluding carboxylic acids is 3. The molecule has 5 N–H and O–H groups in total. The molecule has 0 unspecified atom stereocenters. The predicted molar refractivity (Wildman–Crippen MR) is 166 cm³/mol. The third kappa shape index (κ3) is 9.41. The monoisotopic (exact) mass is 676 g/mol. The Balaban J connectivity index is 1.97. The molecule has 13 heteroatoms. The van der Waals surface area contributed by atoms with Crippen molar-refractivity contribution < 1.29 is 28.3 Å². The van der Waals surface area contributed by atoms with Gasteiger partial charge in [0.2, 0.25) is 17.7 Å². The van der Waals surface area contributed by atoms with Crippen LogP contribution in [-0.4, -0.2) is 75.1 Å². The molecule has 0 aliphatic rings. The first-order chi connectivity index (χ1) is 20.8. The fourth-order valence-electron chi connectivity index (χ4n) is 4.88. The third-order valence-electron chi connectivity index (χ3n) is 6.95. The van der Waals surface area contributed by atoms with Crippen LogP contribution in [0.15, 0.2) is 54.7 Å². The second-order valence-corrected chi connectivity index (χ2v) is 12.0. The van der Waals surface area contributed by atoms with Crippen molar-refractivity contribution >= 4 is 33.7 Å². The second kappa shape index (κ2) is 15.9. The number of aliphatic hydroxyl groups excluding tert-OH is 1. The van der Waals surface area contributed by atoms with Crippen LogP contribution in [0, 0.1) is 17.0 Å². The summed E-state index contributed by atoms with van der Waals surface area (Å²) in [5, 5.41) is 20.1. The van der Waals surface area contributed by atoms with Crippen LogP contribution in [0.4, 0.5) is 8.78 Å². The van der Waals surface area contributed by atoms with Crippen LogP contribution in [-0.2, 0) is 20.8 Å². The number of carbonyl (C=O) groups is 3. The Morgan fingerprint density at radius 1 is 1.09 bits per heavy atom. The number of nitrogens with two attached hydrogens (primary N) is 1. The van der Waals surface area contributed by atoms with Crippen molar-refractivity contribution in [1.82, 2.24) is 25.3 Å². The van der Waals surface area contributed by atoms with Crippen molar-refractivity contribution in [2.45, 2.75) is 45.7 Å². The summed E-state index contributed by atoms with van der Waals surface area (Å²) < 4.78 is 30.3. The summed E-state index contributed by atoms with van der Waals surface area (Å²) in [5.74, 6) is -2.59. The van der Waals surface area contributed by atoms with Gasteiger partial charge in [0.1, 0.15) is 23.9 Å². The first-order valence-electron chi connectivity index (χ1n) is 14.2. The predicted octanol–water partition coefficient (Wildman–Crippen LogP) is 2.99. The van der Waals surface area contributed by atoms with Gasteiger partial charge in [-0.15, -0.1) is 0 Å². The highest BCUT2D eigenvalue weighted by atomic mass is 79.9. The van der Waals surface area contributed by atoms with Crippen LogP contribution in [0.3, 0.4) is 0 Å². The summed E-state index contributed by atoms with van der Waals surface area (Å²) in [6, 6.07) is 10.9. The van der Waals surface area contributed by atoms with Crippen molar-refractivity contribution in [3.63, 3.8) is 0 Å². The van der Waals surface area contributed by atoms with Crippen LogP contribution in [0.1, 0.15) is 50.1 Å². The lowest BCUT2D eigenvalue weighted by molar-refractivity contribution is -0.140. The number of nitrogens with zero attached hydrogens (tertiary/aromatic N) is 3. The van der Waals surface area contributed by atoms with E-state index in [0.717, 1.165) is 23.8 Å². The average Bonchev–Trinajstić information content (AvgIpc) is 3.39. The SMILES string of the molecule is CC(C)(C)[C@H](c1nn(-c2cc(F)ccc2F)cc1Cc1ccccc1)N(CC[C@H](N)C(=O)NCCNC(=O)CBr)C(=O)CO. The van der Waals surface area contributed by atoms with E-state index < -0.39 is 47.6 Å². The zero-order valence-corrected chi connectivity index (χ0v) is 26.6. The van der Waals surface area contributed by atoms with Gasteiger partial charge in [-0.05, 0) is 29.5 Å². The average molecular weight is 678 g/mol. The molecule has 44 heavy (non-hydrogen) atoms. The number of alkyl halides is 1. The van der Waals surface area contributed by atoms with E-state index in [9.17, 15) is 28.3 Å². The van der Waals surface area contributed by atoms with Gasteiger partial charge in [0.25, 0.3) is 0 Å². The molecule has 10 nitrogen and oxygen atoms in total. The fourth-order valence-corrected chi connectivity index (χ4v) is 5.08. The second-order valence-electron chi connectivity index (χ2n) is 11.4. The van der Waals surface area contributed by atoms with E-state index in [1.54, 1.807) is 6.20 Å². The number of amides is 3. The molecule has 1 aromatic heterocycles. The first kappa shape index (κ1) is 34.8. The number of halogens is 3. The van der Waals surface area contributed by atoms with E-state index in [0.29, 0.717) is 17.7 Å². The number of hydrogen-bond acceptors (Lipinski definition) is 6. The van der Waals surface area contributed by atoms with E-state index in [-0.39, 0.29) is 43.0 Å². The van der Waals surface area contributed by atoms with E-state index >= 15 is 0 Å². The maximum absolute atomic E-state index is 14.9. The molecule has 238 valence electrons. The first-order valence-corrected chi connectivity index (χ1v) is 15.3. The van der Waals surface area contributed by atoms with Gasteiger partial charge in [-0.1, -0.05) is 67.0 Å². The minimum Gasteiger partial charge on any atom is -0.387 e. The summed E-state index contributed by atoms with van der Waals surface area (Å²) in [6.45, 7) is 5.30. The molecule has 1 heterocycles. The highest BCUT2D eigenvalue weighted by Crippen LogP contribution is 2.40. The van der Waals surface area contributed by atoms with Crippen LogP contribution in [0.5, 0.6) is 0 Å². The van der Waals surface area contributed by atoms with Crippen molar-refractivity contribution in [2.24, 2.45) is 11.1 Å². The van der Waals surface area contributed by atoms with E-state index in [1.807, 2.05) is 51.1 Å². The van der Waals surface area contributed by atoms with Gasteiger partial charge in [0.05, 0.1) is 23.1 Å². The molecule has 0 saturated heterocycles. The molecule has 3 amide bonds. The van der Waals surface area contributed by atoms with Crippen LogP contribution in [0.2, 0.25) is 0 Å². The molecule has 0 aliphatic carbocycles. The van der Waals surface area contributed by atoms with Gasteiger partial charge in [-0.3, -0.25) is 14.4 Å². The molecule has 2 atom stereocenters. The number of rotatable bonds is 14. The summed E-state index contributed by atoms with van der Waals surface area (Å²) in [6.07, 6.45) is 2.06. The van der Waals surface area contributed by atoms with Crippen molar-refractivity contribution in [3.8, 4) is 5.69 Å². The van der Waals surface area contributed by atoms with E-state index in [4.69, 9.17) is 10.8 Å². The zero-order valence-electron chi connectivity index (χ0n) is 25.0. The standard InChI is InChI=1S/C31H39BrF2N6O4/c1-31(2,3)29(39(27(43)19-41)14-11-24(35)30(44)37-13-12-36-26(42)17-32)28-21(15-20-7-5-4-6-8-20)18-40(38-28)25-16-22(33)9-10-23(25)34/h4-10,16,18,24,29,41H,11-15,17,19,35H2,1-3H3,(H,36,42)(H,37,44)/t24-,29-/m0/s1. The Hall–Kier alpha value is -3.68.